The lowest BCUT2D eigenvalue weighted by molar-refractivity contribution is -0.120. The first-order valence-electron chi connectivity index (χ1n) is 9.73. The summed E-state index contributed by atoms with van der Waals surface area (Å²) in [5.74, 6) is 2.29. The molecule has 0 unspecified atom stereocenters. The minimum Gasteiger partial charge on any atom is -0.497 e. The van der Waals surface area contributed by atoms with Crippen LogP contribution >= 0.6 is 0 Å². The van der Waals surface area contributed by atoms with Gasteiger partial charge in [-0.3, -0.25) is 9.20 Å². The number of ether oxygens (including phenoxy) is 1. The van der Waals surface area contributed by atoms with Crippen LogP contribution in [0.1, 0.15) is 30.6 Å². The van der Waals surface area contributed by atoms with Gasteiger partial charge >= 0.3 is 0 Å². The molecule has 154 valence electrons. The van der Waals surface area contributed by atoms with Crippen LogP contribution in [0.15, 0.2) is 47.1 Å². The van der Waals surface area contributed by atoms with Crippen molar-refractivity contribution in [2.45, 2.75) is 32.7 Å². The minimum absolute atomic E-state index is 0.114. The summed E-state index contributed by atoms with van der Waals surface area (Å²) in [7, 11) is 1.60. The summed E-state index contributed by atoms with van der Waals surface area (Å²) >= 11 is 0. The Balaban J connectivity index is 1.48. The Morgan fingerprint density at radius 3 is 2.97 bits per heavy atom. The Hall–Kier alpha value is -3.75. The van der Waals surface area contributed by atoms with E-state index in [0.717, 1.165) is 24.2 Å². The predicted molar refractivity (Wildman–Crippen MR) is 109 cm³/mol. The lowest BCUT2D eigenvalue weighted by atomic mass is 10.1. The zero-order valence-corrected chi connectivity index (χ0v) is 16.8. The van der Waals surface area contributed by atoms with Crippen molar-refractivity contribution in [3.63, 3.8) is 0 Å². The van der Waals surface area contributed by atoms with Crippen LogP contribution in [0.3, 0.4) is 0 Å². The number of amides is 1. The second kappa shape index (κ2) is 8.73. The first-order chi connectivity index (χ1) is 14.7. The van der Waals surface area contributed by atoms with Crippen molar-refractivity contribution >= 4 is 11.6 Å². The van der Waals surface area contributed by atoms with Gasteiger partial charge < -0.3 is 14.6 Å². The van der Waals surface area contributed by atoms with Gasteiger partial charge in [0, 0.05) is 12.6 Å². The molecule has 0 saturated carbocycles. The number of nitrogens with zero attached hydrogens (tertiary/aromatic N) is 5. The normalized spacial score (nSPS) is 11.0. The van der Waals surface area contributed by atoms with Gasteiger partial charge in [-0.25, -0.2) is 0 Å². The van der Waals surface area contributed by atoms with Crippen molar-refractivity contribution < 1.29 is 14.1 Å². The fourth-order valence-electron chi connectivity index (χ4n) is 3.15. The van der Waals surface area contributed by atoms with Crippen LogP contribution in [0.5, 0.6) is 5.75 Å². The van der Waals surface area contributed by atoms with Gasteiger partial charge in [-0.1, -0.05) is 24.2 Å². The Labute approximate surface area is 173 Å². The molecule has 4 aromatic rings. The van der Waals surface area contributed by atoms with Gasteiger partial charge in [-0.05, 0) is 36.2 Å². The van der Waals surface area contributed by atoms with Gasteiger partial charge in [0.15, 0.2) is 17.3 Å². The van der Waals surface area contributed by atoms with Gasteiger partial charge in [-0.15, -0.1) is 10.2 Å². The number of carbonyl (C=O) groups excluding carboxylic acids is 1. The van der Waals surface area contributed by atoms with Crippen molar-refractivity contribution in [1.29, 1.82) is 0 Å². The molecule has 0 aliphatic carbocycles. The highest BCUT2D eigenvalue weighted by atomic mass is 16.5. The zero-order chi connectivity index (χ0) is 20.9. The molecule has 0 aliphatic heterocycles. The predicted octanol–water partition coefficient (Wildman–Crippen LogP) is 2.60. The molecule has 0 saturated heterocycles. The number of carbonyl (C=O) groups is 1. The average Bonchev–Trinajstić information content (AvgIpc) is 3.39. The summed E-state index contributed by atoms with van der Waals surface area (Å²) < 4.78 is 12.4. The standard InChI is InChI=1S/C21H22N6O3/c1-3-6-17-23-21(30-26-17)16-9-5-10-27-18(24-25-20(16)27)13-22-19(28)12-14-7-4-8-15(11-14)29-2/h4-5,7-11H,3,6,12-13H2,1-2H3,(H,22,28). The number of aryl methyl sites for hydroxylation is 1. The Kier molecular flexibility index (Phi) is 5.69. The van der Waals surface area contributed by atoms with E-state index in [4.69, 9.17) is 9.26 Å². The molecule has 3 aromatic heterocycles. The quantitative estimate of drug-likeness (QED) is 0.479. The molecule has 0 atom stereocenters. The van der Waals surface area contributed by atoms with Crippen LogP contribution < -0.4 is 10.1 Å². The van der Waals surface area contributed by atoms with Crippen molar-refractivity contribution in [3.8, 4) is 17.2 Å². The number of hydrogen-bond donors (Lipinski definition) is 1. The molecule has 0 radical (unpaired) electrons. The SMILES string of the molecule is CCCc1noc(-c2cccn3c(CNC(=O)Cc4cccc(OC)c4)nnc23)n1. The van der Waals surface area contributed by atoms with E-state index < -0.39 is 0 Å². The molecule has 0 aliphatic rings. The number of aromatic nitrogens is 5. The van der Waals surface area contributed by atoms with Crippen molar-refractivity contribution in [2.75, 3.05) is 7.11 Å². The van der Waals surface area contributed by atoms with Gasteiger partial charge in [0.1, 0.15) is 5.75 Å². The maximum atomic E-state index is 12.4. The number of benzene rings is 1. The summed E-state index contributed by atoms with van der Waals surface area (Å²) in [5, 5.41) is 15.4. The van der Waals surface area contributed by atoms with E-state index in [1.807, 2.05) is 47.0 Å². The van der Waals surface area contributed by atoms with Crippen molar-refractivity contribution in [3.05, 3.63) is 59.8 Å². The highest BCUT2D eigenvalue weighted by molar-refractivity contribution is 5.78. The second-order valence-electron chi connectivity index (χ2n) is 6.80. The van der Waals surface area contributed by atoms with E-state index in [1.54, 1.807) is 7.11 Å². The fraction of sp³-hybridized carbons (Fsp3) is 0.286. The molecule has 0 spiro atoms. The maximum absolute atomic E-state index is 12.4. The summed E-state index contributed by atoms with van der Waals surface area (Å²) in [5.41, 5.74) is 2.18. The lowest BCUT2D eigenvalue weighted by Crippen LogP contribution is -2.25. The molecule has 9 heteroatoms. The van der Waals surface area contributed by atoms with Gasteiger partial charge in [0.05, 0.1) is 25.6 Å². The van der Waals surface area contributed by atoms with Crippen molar-refractivity contribution in [1.82, 2.24) is 30.1 Å². The molecule has 0 fully saturated rings. The molecule has 9 nitrogen and oxygen atoms in total. The Bertz CT molecular complexity index is 1170. The number of rotatable bonds is 8. The van der Waals surface area contributed by atoms with Crippen molar-refractivity contribution in [2.24, 2.45) is 0 Å². The maximum Gasteiger partial charge on any atom is 0.261 e. The monoisotopic (exact) mass is 406 g/mol. The number of fused-ring (bicyclic) bond motifs is 1. The lowest BCUT2D eigenvalue weighted by Gasteiger charge is -2.06. The van der Waals surface area contributed by atoms with Crippen LogP contribution in [0, 0.1) is 0 Å². The molecule has 1 aromatic carbocycles. The van der Waals surface area contributed by atoms with Crippen LogP contribution in [0.4, 0.5) is 0 Å². The summed E-state index contributed by atoms with van der Waals surface area (Å²) in [6.45, 7) is 2.31. The van der Waals surface area contributed by atoms with Crippen LogP contribution in [-0.2, 0) is 24.2 Å². The third kappa shape index (κ3) is 4.14. The molecular formula is C21H22N6O3. The van der Waals surface area contributed by atoms with Gasteiger partial charge in [0.2, 0.25) is 5.91 Å². The van der Waals surface area contributed by atoms with Gasteiger partial charge in [0.25, 0.3) is 5.89 Å². The summed E-state index contributed by atoms with van der Waals surface area (Å²) in [6, 6.07) is 11.2. The highest BCUT2D eigenvalue weighted by Gasteiger charge is 2.16. The number of nitrogens with one attached hydrogen (secondary N) is 1. The molecule has 30 heavy (non-hydrogen) atoms. The Morgan fingerprint density at radius 1 is 1.23 bits per heavy atom. The van der Waals surface area contributed by atoms with E-state index >= 15 is 0 Å². The van der Waals surface area contributed by atoms with E-state index in [-0.39, 0.29) is 18.9 Å². The number of pyridine rings is 1. The van der Waals surface area contributed by atoms with E-state index in [1.165, 1.54) is 0 Å². The van der Waals surface area contributed by atoms with E-state index in [0.29, 0.717) is 28.8 Å². The third-order valence-corrected chi connectivity index (χ3v) is 4.62. The number of methoxy groups -OCH3 is 1. The molecule has 0 bridgehead atoms. The summed E-state index contributed by atoms with van der Waals surface area (Å²) in [4.78, 5) is 16.8. The molecular weight excluding hydrogens is 384 g/mol. The van der Waals surface area contributed by atoms with Crippen LogP contribution in [-0.4, -0.2) is 37.8 Å². The van der Waals surface area contributed by atoms with Crippen LogP contribution in [0.25, 0.3) is 17.1 Å². The fourth-order valence-corrected chi connectivity index (χ4v) is 3.15. The first kappa shape index (κ1) is 19.6. The first-order valence-corrected chi connectivity index (χ1v) is 9.73. The molecule has 3 heterocycles. The average molecular weight is 406 g/mol. The highest BCUT2D eigenvalue weighted by Crippen LogP contribution is 2.22. The second-order valence-corrected chi connectivity index (χ2v) is 6.80. The number of hydrogen-bond acceptors (Lipinski definition) is 7. The third-order valence-electron chi connectivity index (χ3n) is 4.62. The molecule has 1 N–H and O–H groups in total. The van der Waals surface area contributed by atoms with E-state index in [9.17, 15) is 4.79 Å². The Morgan fingerprint density at radius 2 is 2.13 bits per heavy atom. The minimum atomic E-state index is -0.114. The molecule has 1 amide bonds. The topological polar surface area (TPSA) is 107 Å². The molecule has 4 rings (SSSR count). The van der Waals surface area contributed by atoms with E-state index in [2.05, 4.69) is 32.6 Å². The largest absolute Gasteiger partial charge is 0.497 e. The smallest absolute Gasteiger partial charge is 0.261 e. The zero-order valence-electron chi connectivity index (χ0n) is 16.8. The summed E-state index contributed by atoms with van der Waals surface area (Å²) in [6.07, 6.45) is 3.78. The van der Waals surface area contributed by atoms with Gasteiger partial charge in [-0.2, -0.15) is 4.98 Å². The van der Waals surface area contributed by atoms with Crippen LogP contribution in [0.2, 0.25) is 0 Å².